The van der Waals surface area contributed by atoms with Gasteiger partial charge in [-0.2, -0.15) is 0 Å². The highest BCUT2D eigenvalue weighted by Crippen LogP contribution is 2.20. The van der Waals surface area contributed by atoms with Crippen LogP contribution in [0.1, 0.15) is 30.1 Å². The van der Waals surface area contributed by atoms with Crippen LogP contribution in [0.3, 0.4) is 0 Å². The van der Waals surface area contributed by atoms with Gasteiger partial charge in [0.1, 0.15) is 0 Å². The average molecular weight is 233 g/mol. The number of carbonyl (C=O) groups excluding carboxylic acids is 1. The highest BCUT2D eigenvalue weighted by atomic mass is 16.3. The maximum atomic E-state index is 12.0. The minimum atomic E-state index is -0.644. The Bertz CT molecular complexity index is 386. The molecule has 17 heavy (non-hydrogen) atoms. The third-order valence-electron chi connectivity index (χ3n) is 3.22. The van der Waals surface area contributed by atoms with Gasteiger partial charge in [0.15, 0.2) is 5.78 Å². The molecule has 3 nitrogen and oxygen atoms in total. The quantitative estimate of drug-likeness (QED) is 0.808. The van der Waals surface area contributed by atoms with Crippen LogP contribution in [0.15, 0.2) is 30.3 Å². The van der Waals surface area contributed by atoms with Crippen molar-refractivity contribution >= 4 is 5.78 Å². The van der Waals surface area contributed by atoms with E-state index in [1.165, 1.54) is 0 Å². The van der Waals surface area contributed by atoms with Gasteiger partial charge in [-0.1, -0.05) is 30.3 Å². The SMILES string of the molecule is CC1(O)CCCN(CC(=O)c2ccccc2)C1. The highest BCUT2D eigenvalue weighted by molar-refractivity contribution is 5.97. The molecule has 1 fully saturated rings. The van der Waals surface area contributed by atoms with Crippen LogP contribution >= 0.6 is 0 Å². The number of ketones is 1. The smallest absolute Gasteiger partial charge is 0.176 e. The lowest BCUT2D eigenvalue weighted by atomic mass is 9.95. The summed E-state index contributed by atoms with van der Waals surface area (Å²) in [7, 11) is 0. The molecule has 1 N–H and O–H groups in total. The fourth-order valence-corrected chi connectivity index (χ4v) is 2.38. The molecule has 0 aromatic heterocycles. The van der Waals surface area contributed by atoms with E-state index < -0.39 is 5.60 Å². The Morgan fingerprint density at radius 1 is 1.41 bits per heavy atom. The number of β-amino-alcohol motifs (C(OH)–C–C–N with tert-alkyl or cyclic N) is 1. The number of hydrogen-bond donors (Lipinski definition) is 1. The molecule has 2 rings (SSSR count). The summed E-state index contributed by atoms with van der Waals surface area (Å²) in [5.41, 5.74) is 0.104. The van der Waals surface area contributed by atoms with Gasteiger partial charge in [0.2, 0.25) is 0 Å². The third-order valence-corrected chi connectivity index (χ3v) is 3.22. The van der Waals surface area contributed by atoms with Crippen LogP contribution in [0, 0.1) is 0 Å². The molecule has 0 amide bonds. The van der Waals surface area contributed by atoms with Crippen molar-refractivity contribution in [1.82, 2.24) is 4.90 Å². The summed E-state index contributed by atoms with van der Waals surface area (Å²) < 4.78 is 0. The molecule has 92 valence electrons. The Kier molecular flexibility index (Phi) is 3.60. The number of carbonyl (C=O) groups is 1. The Morgan fingerprint density at radius 3 is 2.76 bits per heavy atom. The van der Waals surface area contributed by atoms with E-state index in [0.717, 1.165) is 24.9 Å². The Balaban J connectivity index is 1.95. The molecular formula is C14H19NO2. The van der Waals surface area contributed by atoms with E-state index >= 15 is 0 Å². The summed E-state index contributed by atoms with van der Waals surface area (Å²) in [6, 6.07) is 9.33. The first kappa shape index (κ1) is 12.3. The van der Waals surface area contributed by atoms with Crippen LogP contribution in [-0.4, -0.2) is 41.0 Å². The number of piperidine rings is 1. The lowest BCUT2D eigenvalue weighted by Gasteiger charge is -2.36. The first-order valence-corrected chi connectivity index (χ1v) is 6.10. The monoisotopic (exact) mass is 233 g/mol. The number of hydrogen-bond acceptors (Lipinski definition) is 3. The molecule has 1 atom stereocenters. The highest BCUT2D eigenvalue weighted by Gasteiger charge is 2.29. The molecule has 0 spiro atoms. The van der Waals surface area contributed by atoms with Crippen LogP contribution in [-0.2, 0) is 0 Å². The minimum absolute atomic E-state index is 0.128. The van der Waals surface area contributed by atoms with Gasteiger partial charge < -0.3 is 5.11 Å². The van der Waals surface area contributed by atoms with E-state index in [4.69, 9.17) is 0 Å². The fraction of sp³-hybridized carbons (Fsp3) is 0.500. The zero-order valence-corrected chi connectivity index (χ0v) is 10.2. The van der Waals surface area contributed by atoms with Crippen molar-refractivity contribution < 1.29 is 9.90 Å². The third kappa shape index (κ3) is 3.38. The van der Waals surface area contributed by atoms with E-state index in [0.29, 0.717) is 13.1 Å². The second-order valence-corrected chi connectivity index (χ2v) is 5.10. The molecule has 0 bridgehead atoms. The van der Waals surface area contributed by atoms with E-state index in [1.807, 2.05) is 42.2 Å². The molecule has 1 aliphatic rings. The lowest BCUT2D eigenvalue weighted by molar-refractivity contribution is -0.0132. The largest absolute Gasteiger partial charge is 0.389 e. The van der Waals surface area contributed by atoms with Gasteiger partial charge in [-0.3, -0.25) is 9.69 Å². The summed E-state index contributed by atoms with van der Waals surface area (Å²) in [5, 5.41) is 9.98. The molecule has 3 heteroatoms. The van der Waals surface area contributed by atoms with E-state index in [2.05, 4.69) is 0 Å². The topological polar surface area (TPSA) is 40.5 Å². The number of aliphatic hydroxyl groups is 1. The van der Waals surface area contributed by atoms with Gasteiger partial charge in [0.25, 0.3) is 0 Å². The van der Waals surface area contributed by atoms with Crippen LogP contribution in [0.4, 0.5) is 0 Å². The van der Waals surface area contributed by atoms with Gasteiger partial charge >= 0.3 is 0 Å². The van der Waals surface area contributed by atoms with E-state index in [9.17, 15) is 9.90 Å². The molecular weight excluding hydrogens is 214 g/mol. The zero-order valence-electron chi connectivity index (χ0n) is 10.2. The summed E-state index contributed by atoms with van der Waals surface area (Å²) in [6.45, 7) is 3.73. The fourth-order valence-electron chi connectivity index (χ4n) is 2.38. The molecule has 0 aliphatic carbocycles. The van der Waals surface area contributed by atoms with Gasteiger partial charge in [0.05, 0.1) is 12.1 Å². The van der Waals surface area contributed by atoms with Crippen molar-refractivity contribution in [2.75, 3.05) is 19.6 Å². The van der Waals surface area contributed by atoms with Crippen LogP contribution in [0.5, 0.6) is 0 Å². The van der Waals surface area contributed by atoms with Crippen molar-refractivity contribution in [3.63, 3.8) is 0 Å². The molecule has 1 unspecified atom stereocenters. The molecule has 1 aromatic rings. The van der Waals surface area contributed by atoms with Gasteiger partial charge in [0, 0.05) is 12.1 Å². The van der Waals surface area contributed by atoms with Gasteiger partial charge in [-0.05, 0) is 26.3 Å². The van der Waals surface area contributed by atoms with E-state index in [-0.39, 0.29) is 5.78 Å². The molecule has 1 saturated heterocycles. The van der Waals surface area contributed by atoms with Crippen molar-refractivity contribution in [1.29, 1.82) is 0 Å². The predicted octanol–water partition coefficient (Wildman–Crippen LogP) is 1.72. The maximum absolute atomic E-state index is 12.0. The Morgan fingerprint density at radius 2 is 2.12 bits per heavy atom. The summed E-state index contributed by atoms with van der Waals surface area (Å²) in [5.74, 6) is 0.128. The van der Waals surface area contributed by atoms with E-state index in [1.54, 1.807) is 0 Å². The summed E-state index contributed by atoms with van der Waals surface area (Å²) in [6.07, 6.45) is 1.78. The molecule has 1 aromatic carbocycles. The minimum Gasteiger partial charge on any atom is -0.389 e. The molecule has 1 heterocycles. The first-order chi connectivity index (χ1) is 8.07. The van der Waals surface area contributed by atoms with Crippen molar-refractivity contribution in [2.45, 2.75) is 25.4 Å². The maximum Gasteiger partial charge on any atom is 0.176 e. The summed E-state index contributed by atoms with van der Waals surface area (Å²) in [4.78, 5) is 14.0. The van der Waals surface area contributed by atoms with Gasteiger partial charge in [-0.15, -0.1) is 0 Å². The first-order valence-electron chi connectivity index (χ1n) is 6.10. The number of likely N-dealkylation sites (tertiary alicyclic amines) is 1. The Labute approximate surface area is 102 Å². The zero-order chi connectivity index (χ0) is 12.3. The standard InChI is InChI=1S/C14H19NO2/c1-14(17)8-5-9-15(11-14)10-13(16)12-6-3-2-4-7-12/h2-4,6-7,17H,5,8-11H2,1H3. The average Bonchev–Trinajstić information content (AvgIpc) is 2.29. The number of rotatable bonds is 3. The van der Waals surface area contributed by atoms with Crippen molar-refractivity contribution in [2.24, 2.45) is 0 Å². The second kappa shape index (κ2) is 4.98. The molecule has 1 aliphatic heterocycles. The van der Waals surface area contributed by atoms with Crippen molar-refractivity contribution in [3.05, 3.63) is 35.9 Å². The number of nitrogens with zero attached hydrogens (tertiary/aromatic N) is 1. The Hall–Kier alpha value is -1.19. The predicted molar refractivity (Wildman–Crippen MR) is 67.1 cm³/mol. The molecule has 0 saturated carbocycles. The summed E-state index contributed by atoms with van der Waals surface area (Å²) >= 11 is 0. The second-order valence-electron chi connectivity index (χ2n) is 5.10. The van der Waals surface area contributed by atoms with Crippen LogP contribution in [0.2, 0.25) is 0 Å². The van der Waals surface area contributed by atoms with Crippen LogP contribution < -0.4 is 0 Å². The van der Waals surface area contributed by atoms with Crippen molar-refractivity contribution in [3.8, 4) is 0 Å². The van der Waals surface area contributed by atoms with Gasteiger partial charge in [-0.25, -0.2) is 0 Å². The number of Topliss-reactive ketones (excluding diaryl/α,β-unsaturated/α-hetero) is 1. The number of benzene rings is 1. The lowest BCUT2D eigenvalue weighted by Crippen LogP contribution is -2.47. The van der Waals surface area contributed by atoms with Crippen LogP contribution in [0.25, 0.3) is 0 Å². The molecule has 0 radical (unpaired) electrons. The normalized spacial score (nSPS) is 25.8.